The van der Waals surface area contributed by atoms with E-state index in [1.54, 1.807) is 18.2 Å². The van der Waals surface area contributed by atoms with Crippen molar-refractivity contribution in [3.8, 4) is 0 Å². The minimum absolute atomic E-state index is 0.176. The Bertz CT molecular complexity index is 1010. The van der Waals surface area contributed by atoms with Crippen molar-refractivity contribution in [1.29, 1.82) is 0 Å². The molecule has 0 unspecified atom stereocenters. The van der Waals surface area contributed by atoms with Crippen molar-refractivity contribution < 1.29 is 31.9 Å². The summed E-state index contributed by atoms with van der Waals surface area (Å²) in [4.78, 5) is 34.2. The van der Waals surface area contributed by atoms with Crippen LogP contribution in [-0.2, 0) is 24.3 Å². The van der Waals surface area contributed by atoms with E-state index in [1.807, 2.05) is 4.72 Å². The molecule has 0 aliphatic rings. The zero-order chi connectivity index (χ0) is 20.7. The van der Waals surface area contributed by atoms with Gasteiger partial charge in [0, 0.05) is 11.3 Å². The van der Waals surface area contributed by atoms with E-state index < -0.39 is 45.8 Å². The number of sulfonamides is 1. The van der Waals surface area contributed by atoms with Crippen molar-refractivity contribution in [3.63, 3.8) is 0 Å². The Labute approximate surface area is 160 Å². The Hall–Kier alpha value is -3.11. The lowest BCUT2D eigenvalue weighted by Crippen LogP contribution is -2.32. The highest BCUT2D eigenvalue weighted by Crippen LogP contribution is 2.13. The highest BCUT2D eigenvalue weighted by Gasteiger charge is 2.20. The van der Waals surface area contributed by atoms with Crippen LogP contribution < -0.4 is 10.0 Å². The van der Waals surface area contributed by atoms with Crippen LogP contribution in [0, 0.1) is 5.82 Å². The second-order valence-corrected chi connectivity index (χ2v) is 7.34. The molecule has 28 heavy (non-hydrogen) atoms. The van der Waals surface area contributed by atoms with Gasteiger partial charge in [0.05, 0.1) is 0 Å². The molecule has 0 saturated heterocycles. The summed E-state index contributed by atoms with van der Waals surface area (Å²) in [6, 6.07) is 10.9. The minimum atomic E-state index is -4.24. The summed E-state index contributed by atoms with van der Waals surface area (Å²) in [6.45, 7) is -0.0561. The Morgan fingerprint density at radius 2 is 1.79 bits per heavy atom. The maximum Gasteiger partial charge on any atom is 0.321 e. The fourth-order valence-electron chi connectivity index (χ4n) is 2.10. The number of halogens is 1. The van der Waals surface area contributed by atoms with Crippen LogP contribution in [0.1, 0.15) is 17.3 Å². The van der Waals surface area contributed by atoms with Crippen LogP contribution in [0.15, 0.2) is 53.4 Å². The number of carbonyl (C=O) groups is 3. The first-order chi connectivity index (χ1) is 13.2. The van der Waals surface area contributed by atoms with Crippen LogP contribution in [0.25, 0.3) is 0 Å². The molecule has 0 atom stereocenters. The Balaban J connectivity index is 1.84. The molecule has 0 bridgehead atoms. The molecule has 2 rings (SSSR count). The van der Waals surface area contributed by atoms with E-state index in [4.69, 9.17) is 0 Å². The number of ketones is 1. The van der Waals surface area contributed by atoms with E-state index in [0.717, 1.165) is 12.1 Å². The molecule has 0 heterocycles. The first kappa shape index (κ1) is 21.2. The fraction of sp³-hybridized carbons (Fsp3) is 0.167. The van der Waals surface area contributed by atoms with Crippen LogP contribution in [0.2, 0.25) is 0 Å². The summed E-state index contributed by atoms with van der Waals surface area (Å²) in [5.74, 6) is -2.83. The van der Waals surface area contributed by atoms with E-state index in [2.05, 4.69) is 10.1 Å². The van der Waals surface area contributed by atoms with Gasteiger partial charge in [0.25, 0.3) is 5.91 Å². The Morgan fingerprint density at radius 3 is 2.46 bits per heavy atom. The van der Waals surface area contributed by atoms with Crippen molar-refractivity contribution in [1.82, 2.24) is 4.72 Å². The predicted octanol–water partition coefficient (Wildman–Crippen LogP) is 1.49. The number of hydrogen-bond acceptors (Lipinski definition) is 6. The van der Waals surface area contributed by atoms with Gasteiger partial charge in [0.1, 0.15) is 17.3 Å². The average Bonchev–Trinajstić information content (AvgIpc) is 2.65. The highest BCUT2D eigenvalue weighted by atomic mass is 32.2. The largest absolute Gasteiger partial charge is 0.455 e. The van der Waals surface area contributed by atoms with E-state index in [0.29, 0.717) is 11.3 Å². The molecule has 0 spiro atoms. The normalized spacial score (nSPS) is 10.9. The van der Waals surface area contributed by atoms with Crippen molar-refractivity contribution in [2.75, 3.05) is 18.5 Å². The van der Waals surface area contributed by atoms with E-state index >= 15 is 0 Å². The molecule has 148 valence electrons. The van der Waals surface area contributed by atoms with Gasteiger partial charge in [-0.15, -0.1) is 0 Å². The smallest absolute Gasteiger partial charge is 0.321 e. The molecular weight excluding hydrogens is 391 g/mol. The van der Waals surface area contributed by atoms with Crippen LogP contribution in [0.5, 0.6) is 0 Å². The number of nitrogens with one attached hydrogen (secondary N) is 2. The van der Waals surface area contributed by atoms with E-state index in [9.17, 15) is 27.2 Å². The minimum Gasteiger partial charge on any atom is -0.455 e. The van der Waals surface area contributed by atoms with Gasteiger partial charge >= 0.3 is 5.97 Å². The van der Waals surface area contributed by atoms with Crippen LogP contribution in [0.3, 0.4) is 0 Å². The lowest BCUT2D eigenvalue weighted by atomic mass is 10.1. The molecule has 0 aliphatic carbocycles. The topological polar surface area (TPSA) is 119 Å². The monoisotopic (exact) mass is 408 g/mol. The van der Waals surface area contributed by atoms with Crippen molar-refractivity contribution in [2.45, 2.75) is 11.8 Å². The number of rotatable bonds is 8. The molecule has 0 saturated carbocycles. The van der Waals surface area contributed by atoms with Gasteiger partial charge in [-0.3, -0.25) is 14.4 Å². The molecule has 0 aromatic heterocycles. The molecule has 1 amide bonds. The van der Waals surface area contributed by atoms with Gasteiger partial charge in [-0.05, 0) is 31.2 Å². The summed E-state index contributed by atoms with van der Waals surface area (Å²) >= 11 is 0. The van der Waals surface area contributed by atoms with E-state index in [-0.39, 0.29) is 5.78 Å². The summed E-state index contributed by atoms with van der Waals surface area (Å²) in [7, 11) is -4.24. The maximum atomic E-state index is 13.5. The van der Waals surface area contributed by atoms with Crippen LogP contribution in [-0.4, -0.2) is 39.2 Å². The third-order valence-electron chi connectivity index (χ3n) is 3.45. The maximum absolute atomic E-state index is 13.5. The van der Waals surface area contributed by atoms with Crippen LogP contribution >= 0.6 is 0 Å². The predicted molar refractivity (Wildman–Crippen MR) is 97.6 cm³/mol. The standard InChI is InChI=1S/C18H17FN2O6S/c1-12(22)13-5-4-6-14(9-13)21-17(23)11-27-18(24)10-20-28(25,26)16-8-3-2-7-15(16)19/h2-9,20H,10-11H2,1H3,(H,21,23). The number of ether oxygens (including phenoxy) is 1. The summed E-state index contributed by atoms with van der Waals surface area (Å²) < 4.78 is 44.0. The third-order valence-corrected chi connectivity index (χ3v) is 4.88. The number of carbonyl (C=O) groups excluding carboxylic acids is 3. The molecule has 0 aliphatic heterocycles. The number of Topliss-reactive ketones (excluding diaryl/α,β-unsaturated/α-hetero) is 1. The van der Waals surface area contributed by atoms with Crippen molar-refractivity contribution in [2.24, 2.45) is 0 Å². The van der Waals surface area contributed by atoms with Gasteiger partial charge < -0.3 is 10.1 Å². The number of hydrogen-bond donors (Lipinski definition) is 2. The molecular formula is C18H17FN2O6S. The first-order valence-electron chi connectivity index (χ1n) is 8.00. The molecule has 8 nitrogen and oxygen atoms in total. The van der Waals surface area contributed by atoms with Gasteiger partial charge in [-0.2, -0.15) is 4.72 Å². The number of amides is 1. The quantitative estimate of drug-likeness (QED) is 0.505. The fourth-order valence-corrected chi connectivity index (χ4v) is 3.15. The Kier molecular flexibility index (Phi) is 6.96. The number of anilines is 1. The number of benzene rings is 2. The average molecular weight is 408 g/mol. The highest BCUT2D eigenvalue weighted by molar-refractivity contribution is 7.89. The van der Waals surface area contributed by atoms with Crippen LogP contribution in [0.4, 0.5) is 10.1 Å². The Morgan fingerprint density at radius 1 is 1.07 bits per heavy atom. The molecule has 0 fully saturated rings. The third kappa shape index (κ3) is 5.96. The van der Waals surface area contributed by atoms with Gasteiger partial charge in [0.15, 0.2) is 12.4 Å². The zero-order valence-corrected chi connectivity index (χ0v) is 15.6. The van der Waals surface area contributed by atoms with Gasteiger partial charge in [-0.25, -0.2) is 12.8 Å². The number of esters is 1. The first-order valence-corrected chi connectivity index (χ1v) is 9.48. The molecule has 10 heteroatoms. The zero-order valence-electron chi connectivity index (χ0n) is 14.8. The molecule has 2 aromatic rings. The lowest BCUT2D eigenvalue weighted by molar-refractivity contribution is -0.146. The van der Waals surface area contributed by atoms with E-state index in [1.165, 1.54) is 25.1 Å². The van der Waals surface area contributed by atoms with Crippen molar-refractivity contribution >= 4 is 33.4 Å². The van der Waals surface area contributed by atoms with Gasteiger partial charge in [0.2, 0.25) is 10.0 Å². The second kappa shape index (κ2) is 9.20. The molecule has 0 radical (unpaired) electrons. The second-order valence-electron chi connectivity index (χ2n) is 5.60. The van der Waals surface area contributed by atoms with Crippen molar-refractivity contribution in [3.05, 3.63) is 59.9 Å². The van der Waals surface area contributed by atoms with Gasteiger partial charge in [-0.1, -0.05) is 24.3 Å². The lowest BCUT2D eigenvalue weighted by Gasteiger charge is -2.09. The molecule has 2 N–H and O–H groups in total. The summed E-state index contributed by atoms with van der Waals surface area (Å²) in [5.41, 5.74) is 0.742. The summed E-state index contributed by atoms with van der Waals surface area (Å²) in [6.07, 6.45) is 0. The SMILES string of the molecule is CC(=O)c1cccc(NC(=O)COC(=O)CNS(=O)(=O)c2ccccc2F)c1. The summed E-state index contributed by atoms with van der Waals surface area (Å²) in [5, 5.41) is 2.44. The molecule has 2 aromatic carbocycles.